The minimum Gasteiger partial charge on any atom is -0.497 e. The molecule has 0 aliphatic heterocycles. The van der Waals surface area contributed by atoms with Crippen molar-refractivity contribution < 1.29 is 27.5 Å². The van der Waals surface area contributed by atoms with E-state index in [1.807, 2.05) is 6.07 Å². The Morgan fingerprint density at radius 3 is 2.56 bits per heavy atom. The standard InChI is InChI=1S/C22H21F3N4O3/c1-14(11-15-5-3-6-17(12-15)32-2)27-20(30)21(31)28-19-8-7-16(29-10-4-9-26-29)13-18(19)22(23,24)25/h3-10,12-14H,11H2,1-2H3,(H,27,30)(H,28,31). The highest BCUT2D eigenvalue weighted by molar-refractivity contribution is 6.39. The van der Waals surface area contributed by atoms with E-state index in [1.54, 1.807) is 31.2 Å². The van der Waals surface area contributed by atoms with Crippen LogP contribution in [0, 0.1) is 0 Å². The molecule has 0 radical (unpaired) electrons. The van der Waals surface area contributed by atoms with Gasteiger partial charge in [-0.15, -0.1) is 0 Å². The van der Waals surface area contributed by atoms with Crippen molar-refractivity contribution in [2.24, 2.45) is 0 Å². The van der Waals surface area contributed by atoms with Gasteiger partial charge in [0.15, 0.2) is 0 Å². The molecule has 3 rings (SSSR count). The molecule has 1 heterocycles. The molecule has 0 bridgehead atoms. The van der Waals surface area contributed by atoms with E-state index in [0.29, 0.717) is 12.2 Å². The van der Waals surface area contributed by atoms with Crippen LogP contribution in [-0.2, 0) is 22.2 Å². The Morgan fingerprint density at radius 2 is 1.91 bits per heavy atom. The first kappa shape index (κ1) is 22.9. The van der Waals surface area contributed by atoms with Crippen LogP contribution in [0.3, 0.4) is 0 Å². The fourth-order valence-corrected chi connectivity index (χ4v) is 3.11. The van der Waals surface area contributed by atoms with Gasteiger partial charge >= 0.3 is 18.0 Å². The summed E-state index contributed by atoms with van der Waals surface area (Å²) in [4.78, 5) is 24.5. The van der Waals surface area contributed by atoms with E-state index in [-0.39, 0.29) is 5.69 Å². The Labute approximate surface area is 182 Å². The number of alkyl halides is 3. The van der Waals surface area contributed by atoms with Crippen molar-refractivity contribution in [1.29, 1.82) is 0 Å². The topological polar surface area (TPSA) is 85.2 Å². The van der Waals surface area contributed by atoms with Crippen LogP contribution in [0.25, 0.3) is 5.69 Å². The van der Waals surface area contributed by atoms with Crippen LogP contribution in [0.4, 0.5) is 18.9 Å². The van der Waals surface area contributed by atoms with Crippen LogP contribution < -0.4 is 15.4 Å². The molecule has 2 N–H and O–H groups in total. The molecule has 1 unspecified atom stereocenters. The molecular weight excluding hydrogens is 425 g/mol. The quantitative estimate of drug-likeness (QED) is 0.567. The van der Waals surface area contributed by atoms with Crippen molar-refractivity contribution >= 4 is 17.5 Å². The Kier molecular flexibility index (Phi) is 6.82. The second-order valence-electron chi connectivity index (χ2n) is 7.06. The summed E-state index contributed by atoms with van der Waals surface area (Å²) < 4.78 is 47.0. The van der Waals surface area contributed by atoms with Gasteiger partial charge in [-0.05, 0) is 55.3 Å². The molecule has 0 aliphatic carbocycles. The van der Waals surface area contributed by atoms with Crippen LogP contribution in [0.15, 0.2) is 60.9 Å². The van der Waals surface area contributed by atoms with E-state index in [0.717, 1.165) is 17.7 Å². The van der Waals surface area contributed by atoms with Gasteiger partial charge in [0.05, 0.1) is 24.0 Å². The zero-order valence-corrected chi connectivity index (χ0v) is 17.3. The van der Waals surface area contributed by atoms with Gasteiger partial charge in [-0.3, -0.25) is 9.59 Å². The maximum atomic E-state index is 13.5. The summed E-state index contributed by atoms with van der Waals surface area (Å²) in [5.74, 6) is -1.58. The minimum absolute atomic E-state index is 0.164. The lowest BCUT2D eigenvalue weighted by molar-refractivity contribution is -0.138. The van der Waals surface area contributed by atoms with Crippen LogP contribution >= 0.6 is 0 Å². The van der Waals surface area contributed by atoms with Gasteiger partial charge in [-0.25, -0.2) is 4.68 Å². The lowest BCUT2D eigenvalue weighted by Gasteiger charge is -2.17. The van der Waals surface area contributed by atoms with Crippen molar-refractivity contribution in [2.75, 3.05) is 12.4 Å². The molecule has 0 fully saturated rings. The first-order chi connectivity index (χ1) is 15.2. The van der Waals surface area contributed by atoms with E-state index in [9.17, 15) is 22.8 Å². The number of hydrogen-bond donors (Lipinski definition) is 2. The fourth-order valence-electron chi connectivity index (χ4n) is 3.11. The van der Waals surface area contributed by atoms with E-state index in [2.05, 4.69) is 15.7 Å². The van der Waals surface area contributed by atoms with Gasteiger partial charge < -0.3 is 15.4 Å². The third-order valence-corrected chi connectivity index (χ3v) is 4.59. The van der Waals surface area contributed by atoms with Crippen molar-refractivity contribution in [3.63, 3.8) is 0 Å². The maximum absolute atomic E-state index is 13.5. The summed E-state index contributed by atoms with van der Waals surface area (Å²) in [7, 11) is 1.53. The van der Waals surface area contributed by atoms with Crippen LogP contribution in [0.2, 0.25) is 0 Å². The number of rotatable bonds is 6. The van der Waals surface area contributed by atoms with Crippen LogP contribution in [0.5, 0.6) is 5.75 Å². The number of methoxy groups -OCH3 is 1. The lowest BCUT2D eigenvalue weighted by atomic mass is 10.1. The SMILES string of the molecule is COc1cccc(CC(C)NC(=O)C(=O)Nc2ccc(-n3cccn3)cc2C(F)(F)F)c1. The molecule has 10 heteroatoms. The second kappa shape index (κ2) is 9.54. The third-order valence-electron chi connectivity index (χ3n) is 4.59. The predicted molar refractivity (Wildman–Crippen MR) is 111 cm³/mol. The molecule has 0 spiro atoms. The Bertz CT molecular complexity index is 1100. The summed E-state index contributed by atoms with van der Waals surface area (Å²) in [6, 6.07) is 11.6. The van der Waals surface area contributed by atoms with Gasteiger partial charge in [0.1, 0.15) is 5.75 Å². The largest absolute Gasteiger partial charge is 0.497 e. The summed E-state index contributed by atoms with van der Waals surface area (Å²) in [5.41, 5.74) is -0.576. The number of nitrogens with zero attached hydrogens (tertiary/aromatic N) is 2. The highest BCUT2D eigenvalue weighted by Gasteiger charge is 2.35. The normalized spacial score (nSPS) is 12.2. The minimum atomic E-state index is -4.75. The number of anilines is 1. The second-order valence-corrected chi connectivity index (χ2v) is 7.06. The van der Waals surface area contributed by atoms with E-state index in [1.165, 1.54) is 30.3 Å². The summed E-state index contributed by atoms with van der Waals surface area (Å²) in [6.07, 6.45) is -1.42. The van der Waals surface area contributed by atoms with Crippen molar-refractivity contribution in [1.82, 2.24) is 15.1 Å². The maximum Gasteiger partial charge on any atom is 0.418 e. The average Bonchev–Trinajstić information content (AvgIpc) is 3.28. The molecule has 2 aromatic carbocycles. The number of ether oxygens (including phenoxy) is 1. The summed E-state index contributed by atoms with van der Waals surface area (Å²) in [6.45, 7) is 1.69. The van der Waals surface area contributed by atoms with E-state index >= 15 is 0 Å². The number of carbonyl (C=O) groups is 2. The lowest BCUT2D eigenvalue weighted by Crippen LogP contribution is -2.41. The van der Waals surface area contributed by atoms with Crippen molar-refractivity contribution in [3.05, 3.63) is 72.1 Å². The number of nitrogens with one attached hydrogen (secondary N) is 2. The highest BCUT2D eigenvalue weighted by atomic mass is 19.4. The van der Waals surface area contributed by atoms with Gasteiger partial charge in [-0.1, -0.05) is 12.1 Å². The Morgan fingerprint density at radius 1 is 1.12 bits per heavy atom. The molecule has 1 atom stereocenters. The molecule has 0 aliphatic rings. The predicted octanol–water partition coefficient (Wildman–Crippen LogP) is 3.59. The first-order valence-electron chi connectivity index (χ1n) is 9.63. The third kappa shape index (κ3) is 5.65. The number of benzene rings is 2. The number of aromatic nitrogens is 2. The number of carbonyl (C=O) groups excluding carboxylic acids is 2. The number of halogens is 3. The van der Waals surface area contributed by atoms with Crippen molar-refractivity contribution in [2.45, 2.75) is 25.6 Å². The van der Waals surface area contributed by atoms with Gasteiger partial charge in [0.2, 0.25) is 0 Å². The van der Waals surface area contributed by atoms with E-state index in [4.69, 9.17) is 4.74 Å². The highest BCUT2D eigenvalue weighted by Crippen LogP contribution is 2.36. The molecule has 1 aromatic heterocycles. The Balaban J connectivity index is 1.69. The molecule has 0 saturated heterocycles. The summed E-state index contributed by atoms with van der Waals surface area (Å²) in [5, 5.41) is 8.44. The molecule has 7 nitrogen and oxygen atoms in total. The smallest absolute Gasteiger partial charge is 0.418 e. The summed E-state index contributed by atoms with van der Waals surface area (Å²) >= 11 is 0. The van der Waals surface area contributed by atoms with Gasteiger partial charge in [0, 0.05) is 18.4 Å². The first-order valence-corrected chi connectivity index (χ1v) is 9.63. The molecule has 32 heavy (non-hydrogen) atoms. The molecule has 0 saturated carbocycles. The van der Waals surface area contributed by atoms with Crippen LogP contribution in [-0.4, -0.2) is 34.7 Å². The number of amides is 2. The molecule has 3 aromatic rings. The number of hydrogen-bond acceptors (Lipinski definition) is 4. The van der Waals surface area contributed by atoms with Crippen LogP contribution in [0.1, 0.15) is 18.1 Å². The van der Waals surface area contributed by atoms with Gasteiger partial charge in [-0.2, -0.15) is 18.3 Å². The monoisotopic (exact) mass is 446 g/mol. The zero-order valence-electron chi connectivity index (χ0n) is 17.3. The van der Waals surface area contributed by atoms with E-state index < -0.39 is 35.3 Å². The van der Waals surface area contributed by atoms with Crippen molar-refractivity contribution in [3.8, 4) is 11.4 Å². The average molecular weight is 446 g/mol. The molecule has 2 amide bonds. The molecule has 168 valence electrons. The molecular formula is C22H21F3N4O3. The Hall–Kier alpha value is -3.82. The fraction of sp³-hybridized carbons (Fsp3) is 0.227. The van der Waals surface area contributed by atoms with Gasteiger partial charge in [0.25, 0.3) is 0 Å². The zero-order chi connectivity index (χ0) is 23.3.